The molecule has 0 bridgehead atoms. The van der Waals surface area contributed by atoms with Gasteiger partial charge in [0.05, 0.1) is 0 Å². The number of carbonyl (C=O) groups excluding carboxylic acids is 1. The van der Waals surface area contributed by atoms with Crippen molar-refractivity contribution in [3.8, 4) is 0 Å². The van der Waals surface area contributed by atoms with Crippen molar-refractivity contribution in [1.82, 2.24) is 0 Å². The fraction of sp³-hybridized carbons (Fsp3) is 0.667. The lowest BCUT2D eigenvalue weighted by molar-refractivity contribution is -0.158. The van der Waals surface area contributed by atoms with Gasteiger partial charge >= 0.3 is 12.1 Å². The largest absolute Gasteiger partial charge is 0.449 e. The van der Waals surface area contributed by atoms with Crippen LogP contribution in [0, 0.1) is 5.92 Å². The first-order valence-electron chi connectivity index (χ1n) is 4.19. The van der Waals surface area contributed by atoms with E-state index in [1.807, 2.05) is 0 Å². The molecule has 0 N–H and O–H groups in total. The summed E-state index contributed by atoms with van der Waals surface area (Å²) in [7, 11) is 0. The van der Waals surface area contributed by atoms with Crippen LogP contribution >= 0.6 is 0 Å². The molecule has 0 atom stereocenters. The predicted molar refractivity (Wildman–Crippen MR) is 45.4 cm³/mol. The van der Waals surface area contributed by atoms with Crippen LogP contribution in [0.15, 0.2) is 11.8 Å². The average Bonchev–Trinajstić information content (AvgIpc) is 1.94. The number of hydrogen-bond donors (Lipinski definition) is 0. The highest BCUT2D eigenvalue weighted by Crippen LogP contribution is 2.27. The molecule has 82 valence electrons. The third-order valence-corrected chi connectivity index (χ3v) is 1.31. The zero-order valence-corrected chi connectivity index (χ0v) is 8.31. The van der Waals surface area contributed by atoms with E-state index in [-0.39, 0.29) is 12.3 Å². The smallest absolute Gasteiger partial charge is 0.422 e. The van der Waals surface area contributed by atoms with Crippen LogP contribution in [0.5, 0.6) is 0 Å². The van der Waals surface area contributed by atoms with Gasteiger partial charge in [-0.3, -0.25) is 4.79 Å². The summed E-state index contributed by atoms with van der Waals surface area (Å²) in [5.41, 5.74) is 0. The van der Waals surface area contributed by atoms with E-state index in [1.165, 1.54) is 0 Å². The Labute approximate surface area is 80.7 Å². The van der Waals surface area contributed by atoms with Crippen LogP contribution in [0.25, 0.3) is 0 Å². The first-order valence-corrected chi connectivity index (χ1v) is 4.19. The van der Waals surface area contributed by atoms with E-state index in [4.69, 9.17) is 0 Å². The minimum Gasteiger partial charge on any atom is -0.422 e. The molecule has 0 spiro atoms. The maximum Gasteiger partial charge on any atom is 0.449 e. The summed E-state index contributed by atoms with van der Waals surface area (Å²) >= 11 is 0. The highest BCUT2D eigenvalue weighted by molar-refractivity contribution is 5.67. The van der Waals surface area contributed by atoms with Crippen molar-refractivity contribution >= 4 is 5.97 Å². The number of carbonyl (C=O) groups is 1. The lowest BCUT2D eigenvalue weighted by Gasteiger charge is -2.11. The quantitative estimate of drug-likeness (QED) is 0.528. The van der Waals surface area contributed by atoms with Gasteiger partial charge in [-0.25, -0.2) is 0 Å². The second-order valence-electron chi connectivity index (χ2n) is 3.29. The molecule has 14 heavy (non-hydrogen) atoms. The molecule has 5 heteroatoms. The van der Waals surface area contributed by atoms with Crippen molar-refractivity contribution in [2.45, 2.75) is 33.4 Å². The molecular formula is C9H13F3O2. The normalized spacial score (nSPS) is 13.2. The van der Waals surface area contributed by atoms with Crippen LogP contribution in [-0.4, -0.2) is 12.1 Å². The van der Waals surface area contributed by atoms with E-state index in [0.29, 0.717) is 0 Å². The van der Waals surface area contributed by atoms with Gasteiger partial charge in [-0.15, -0.1) is 0 Å². The lowest BCUT2D eigenvalue weighted by Crippen LogP contribution is -2.17. The number of hydrogen-bond acceptors (Lipinski definition) is 2. The van der Waals surface area contributed by atoms with Gasteiger partial charge in [0.2, 0.25) is 5.76 Å². The van der Waals surface area contributed by atoms with Crippen LogP contribution in [0.1, 0.15) is 27.2 Å². The van der Waals surface area contributed by atoms with Crippen molar-refractivity contribution in [2.75, 3.05) is 0 Å². The first-order chi connectivity index (χ1) is 6.23. The number of rotatable bonds is 3. The SMILES string of the molecule is CC(=O)O/C(=C\CC(C)C)C(F)(F)F. The van der Waals surface area contributed by atoms with E-state index < -0.39 is 17.9 Å². The van der Waals surface area contributed by atoms with Gasteiger partial charge in [0.1, 0.15) is 0 Å². The summed E-state index contributed by atoms with van der Waals surface area (Å²) in [5.74, 6) is -2.10. The molecule has 0 rings (SSSR count). The van der Waals surface area contributed by atoms with E-state index >= 15 is 0 Å². The maximum atomic E-state index is 12.2. The van der Waals surface area contributed by atoms with E-state index in [0.717, 1.165) is 13.0 Å². The van der Waals surface area contributed by atoms with Crippen LogP contribution in [0.4, 0.5) is 13.2 Å². The average molecular weight is 210 g/mol. The first kappa shape index (κ1) is 13.0. The zero-order valence-electron chi connectivity index (χ0n) is 8.31. The molecule has 0 aliphatic carbocycles. The standard InChI is InChI=1S/C9H13F3O2/c1-6(2)4-5-8(9(10,11)12)14-7(3)13/h5-6H,4H2,1-3H3/b8-5-. The highest BCUT2D eigenvalue weighted by Gasteiger charge is 2.36. The zero-order chi connectivity index (χ0) is 11.4. The molecule has 0 aromatic heterocycles. The minimum absolute atomic E-state index is 0.0860. The summed E-state index contributed by atoms with van der Waals surface area (Å²) in [6.45, 7) is 4.49. The van der Waals surface area contributed by atoms with Crippen LogP contribution in [-0.2, 0) is 9.53 Å². The molecular weight excluding hydrogens is 197 g/mol. The molecule has 0 saturated heterocycles. The molecule has 0 fully saturated rings. The van der Waals surface area contributed by atoms with Crippen LogP contribution in [0.2, 0.25) is 0 Å². The van der Waals surface area contributed by atoms with Crippen LogP contribution < -0.4 is 0 Å². The van der Waals surface area contributed by atoms with Crippen molar-refractivity contribution in [1.29, 1.82) is 0 Å². The Morgan fingerprint density at radius 2 is 1.93 bits per heavy atom. The Balaban J connectivity index is 4.55. The van der Waals surface area contributed by atoms with Gasteiger partial charge in [0.25, 0.3) is 0 Å². The fourth-order valence-electron chi connectivity index (χ4n) is 0.713. The lowest BCUT2D eigenvalue weighted by atomic mass is 10.1. The van der Waals surface area contributed by atoms with Gasteiger partial charge in [-0.1, -0.05) is 13.8 Å². The van der Waals surface area contributed by atoms with Crippen molar-refractivity contribution < 1.29 is 22.7 Å². The second-order valence-corrected chi connectivity index (χ2v) is 3.29. The Hall–Kier alpha value is -1.00. The molecule has 0 amide bonds. The molecule has 2 nitrogen and oxygen atoms in total. The van der Waals surface area contributed by atoms with Crippen LogP contribution in [0.3, 0.4) is 0 Å². The van der Waals surface area contributed by atoms with Crippen molar-refractivity contribution in [2.24, 2.45) is 5.92 Å². The topological polar surface area (TPSA) is 26.3 Å². The van der Waals surface area contributed by atoms with E-state index in [9.17, 15) is 18.0 Å². The summed E-state index contributed by atoms with van der Waals surface area (Å²) in [6.07, 6.45) is -3.48. The highest BCUT2D eigenvalue weighted by atomic mass is 19.4. The minimum atomic E-state index is -4.60. The van der Waals surface area contributed by atoms with Gasteiger partial charge in [-0.2, -0.15) is 13.2 Å². The van der Waals surface area contributed by atoms with Crippen molar-refractivity contribution in [3.05, 3.63) is 11.8 Å². The molecule has 0 aromatic carbocycles. The van der Waals surface area contributed by atoms with E-state index in [2.05, 4.69) is 4.74 Å². The number of ether oxygens (including phenoxy) is 1. The monoisotopic (exact) mass is 210 g/mol. The molecule has 0 aromatic rings. The van der Waals surface area contributed by atoms with Crippen molar-refractivity contribution in [3.63, 3.8) is 0 Å². The van der Waals surface area contributed by atoms with Gasteiger partial charge in [-0.05, 0) is 18.4 Å². The van der Waals surface area contributed by atoms with Gasteiger partial charge in [0, 0.05) is 6.92 Å². The maximum absolute atomic E-state index is 12.2. The number of esters is 1. The van der Waals surface area contributed by atoms with E-state index in [1.54, 1.807) is 13.8 Å². The Kier molecular flexibility index (Phi) is 4.67. The third kappa shape index (κ3) is 5.61. The molecule has 0 saturated carbocycles. The fourth-order valence-corrected chi connectivity index (χ4v) is 0.713. The summed E-state index contributed by atoms with van der Waals surface area (Å²) in [6, 6.07) is 0. The summed E-state index contributed by atoms with van der Waals surface area (Å²) in [5, 5.41) is 0. The Morgan fingerprint density at radius 1 is 1.43 bits per heavy atom. The molecule has 0 radical (unpaired) electrons. The predicted octanol–water partition coefficient (Wildman–Crippen LogP) is 3.04. The summed E-state index contributed by atoms with van der Waals surface area (Å²) < 4.78 is 40.6. The molecule has 0 unspecified atom stereocenters. The molecule has 0 heterocycles. The van der Waals surface area contributed by atoms with Gasteiger partial charge < -0.3 is 4.74 Å². The second kappa shape index (κ2) is 5.02. The number of alkyl halides is 3. The third-order valence-electron chi connectivity index (χ3n) is 1.31. The Bertz CT molecular complexity index is 229. The van der Waals surface area contributed by atoms with Gasteiger partial charge in [0.15, 0.2) is 0 Å². The number of halogens is 3. The summed E-state index contributed by atoms with van der Waals surface area (Å²) in [4.78, 5) is 10.4. The number of allylic oxidation sites excluding steroid dienone is 2. The Morgan fingerprint density at radius 3 is 2.21 bits per heavy atom. The molecule has 0 aliphatic heterocycles. The molecule has 0 aliphatic rings.